The normalized spacial score (nSPS) is 16.7. The molecule has 0 unspecified atom stereocenters. The number of anilines is 1. The quantitative estimate of drug-likeness (QED) is 0.786. The third-order valence-electron chi connectivity index (χ3n) is 1.73. The van der Waals surface area contributed by atoms with E-state index in [2.05, 4.69) is 9.59 Å². The summed E-state index contributed by atoms with van der Waals surface area (Å²) in [4.78, 5) is 23.6. The van der Waals surface area contributed by atoms with Crippen LogP contribution in [0.15, 0.2) is 0 Å². The zero-order valence-corrected chi connectivity index (χ0v) is 8.60. The third kappa shape index (κ3) is 1.58. The number of amides is 2. The van der Waals surface area contributed by atoms with Gasteiger partial charge < -0.3 is 5.73 Å². The van der Waals surface area contributed by atoms with E-state index in [1.165, 1.54) is 0 Å². The van der Waals surface area contributed by atoms with Crippen molar-refractivity contribution in [3.63, 3.8) is 0 Å². The summed E-state index contributed by atoms with van der Waals surface area (Å²) in [6.07, 6.45) is 0. The number of thioether (sulfide) groups is 1. The molecule has 0 atom stereocenters. The molecule has 0 saturated carbocycles. The lowest BCUT2D eigenvalue weighted by atomic mass is 10.4. The summed E-state index contributed by atoms with van der Waals surface area (Å²) in [6.45, 7) is 0.132. The second-order valence-electron chi connectivity index (χ2n) is 2.62. The van der Waals surface area contributed by atoms with Gasteiger partial charge in [-0.1, -0.05) is 16.3 Å². The van der Waals surface area contributed by atoms with E-state index in [1.807, 2.05) is 0 Å². The van der Waals surface area contributed by atoms with Crippen molar-refractivity contribution < 1.29 is 9.59 Å². The van der Waals surface area contributed by atoms with E-state index < -0.39 is 0 Å². The van der Waals surface area contributed by atoms with Crippen molar-refractivity contribution >= 4 is 39.4 Å². The molecular weight excluding hydrogens is 224 g/mol. The van der Waals surface area contributed by atoms with Gasteiger partial charge in [0.15, 0.2) is 0 Å². The minimum atomic E-state index is -0.248. The molecular formula is C6H6N4O2S2. The molecule has 74 valence electrons. The highest BCUT2D eigenvalue weighted by molar-refractivity contribution is 8.14. The van der Waals surface area contributed by atoms with Crippen LogP contribution in [0, 0.1) is 0 Å². The summed E-state index contributed by atoms with van der Waals surface area (Å²) < 4.78 is 3.62. The molecule has 1 aliphatic rings. The molecule has 1 saturated heterocycles. The average Bonchev–Trinajstić information content (AvgIpc) is 2.67. The van der Waals surface area contributed by atoms with E-state index in [1.54, 1.807) is 0 Å². The first-order valence-corrected chi connectivity index (χ1v) is 5.48. The molecule has 0 aliphatic carbocycles. The minimum absolute atomic E-state index is 0.132. The first-order chi connectivity index (χ1) is 6.68. The van der Waals surface area contributed by atoms with Crippen LogP contribution in [0.4, 0.5) is 9.80 Å². The summed E-state index contributed by atoms with van der Waals surface area (Å²) in [5.74, 6) is 0.00318. The van der Waals surface area contributed by atoms with Crippen LogP contribution in [0.5, 0.6) is 0 Å². The molecule has 2 N–H and O–H groups in total. The first-order valence-electron chi connectivity index (χ1n) is 3.72. The Morgan fingerprint density at radius 2 is 2.29 bits per heavy atom. The highest BCUT2D eigenvalue weighted by Crippen LogP contribution is 2.23. The number of imide groups is 1. The molecule has 0 bridgehead atoms. The second kappa shape index (κ2) is 3.54. The van der Waals surface area contributed by atoms with Crippen LogP contribution >= 0.6 is 23.3 Å². The predicted molar refractivity (Wildman–Crippen MR) is 52.7 cm³/mol. The van der Waals surface area contributed by atoms with Gasteiger partial charge in [-0.15, -0.1) is 5.10 Å². The molecule has 14 heavy (non-hydrogen) atoms. The summed E-state index contributed by atoms with van der Waals surface area (Å²) in [6, 6.07) is 0. The molecule has 1 aliphatic heterocycles. The molecule has 1 aromatic rings. The number of hydrogen-bond donors (Lipinski definition) is 1. The van der Waals surface area contributed by atoms with E-state index >= 15 is 0 Å². The number of nitrogens with two attached hydrogens (primary N) is 1. The van der Waals surface area contributed by atoms with E-state index in [0.29, 0.717) is 10.7 Å². The van der Waals surface area contributed by atoms with Gasteiger partial charge in [0, 0.05) is 11.5 Å². The Hall–Kier alpha value is -1.15. The van der Waals surface area contributed by atoms with E-state index in [-0.39, 0.29) is 23.4 Å². The van der Waals surface area contributed by atoms with Gasteiger partial charge in [0.2, 0.25) is 5.91 Å². The molecule has 2 rings (SSSR count). The van der Waals surface area contributed by atoms with Crippen LogP contribution in [-0.4, -0.2) is 31.4 Å². The van der Waals surface area contributed by atoms with Crippen LogP contribution in [0.2, 0.25) is 0 Å². The fraction of sp³-hybridized carbons (Fsp3) is 0.333. The Balaban J connectivity index is 2.15. The molecule has 8 heteroatoms. The number of hydrogen-bond acceptors (Lipinski definition) is 7. The van der Waals surface area contributed by atoms with Crippen LogP contribution in [0.1, 0.15) is 5.69 Å². The highest BCUT2D eigenvalue weighted by atomic mass is 32.2. The molecule has 6 nitrogen and oxygen atoms in total. The van der Waals surface area contributed by atoms with Gasteiger partial charge in [0.25, 0.3) is 5.24 Å². The maximum absolute atomic E-state index is 11.2. The van der Waals surface area contributed by atoms with E-state index in [9.17, 15) is 9.59 Å². The zero-order chi connectivity index (χ0) is 10.1. The van der Waals surface area contributed by atoms with Crippen LogP contribution in [-0.2, 0) is 11.3 Å². The second-order valence-corrected chi connectivity index (χ2v) is 4.33. The smallest absolute Gasteiger partial charge is 0.289 e. The first kappa shape index (κ1) is 9.41. The van der Waals surface area contributed by atoms with Crippen molar-refractivity contribution in [3.8, 4) is 0 Å². The van der Waals surface area contributed by atoms with Crippen molar-refractivity contribution in [1.29, 1.82) is 0 Å². The van der Waals surface area contributed by atoms with Crippen molar-refractivity contribution in [2.75, 3.05) is 11.5 Å². The summed E-state index contributed by atoms with van der Waals surface area (Å²) >= 11 is 2.04. The van der Waals surface area contributed by atoms with Gasteiger partial charge in [-0.2, -0.15) is 0 Å². The standard InChI is InChI=1S/C6H6N4O2S2/c7-5-3(8-9-14-5)1-10-4(11)2-13-6(10)12/h1-2,7H2. The lowest BCUT2D eigenvalue weighted by Crippen LogP contribution is -2.28. The largest absolute Gasteiger partial charge is 0.388 e. The maximum Gasteiger partial charge on any atom is 0.289 e. The number of rotatable bonds is 2. The van der Waals surface area contributed by atoms with Crippen LogP contribution < -0.4 is 5.73 Å². The fourth-order valence-electron chi connectivity index (χ4n) is 1.01. The molecule has 2 heterocycles. The Kier molecular flexibility index (Phi) is 2.38. The number of nitrogens with zero attached hydrogens (tertiary/aromatic N) is 3. The third-order valence-corrected chi connectivity index (χ3v) is 3.19. The lowest BCUT2D eigenvalue weighted by Gasteiger charge is -2.10. The Morgan fingerprint density at radius 1 is 1.50 bits per heavy atom. The molecule has 0 radical (unpaired) electrons. The van der Waals surface area contributed by atoms with Gasteiger partial charge in [-0.05, 0) is 0 Å². The Morgan fingerprint density at radius 3 is 2.79 bits per heavy atom. The Labute approximate surface area is 87.6 Å². The minimum Gasteiger partial charge on any atom is -0.388 e. The Bertz CT molecular complexity index is 375. The van der Waals surface area contributed by atoms with Crippen molar-refractivity contribution in [2.24, 2.45) is 0 Å². The highest BCUT2D eigenvalue weighted by Gasteiger charge is 2.30. The maximum atomic E-state index is 11.2. The van der Waals surface area contributed by atoms with Crippen molar-refractivity contribution in [1.82, 2.24) is 14.5 Å². The summed E-state index contributed by atoms with van der Waals surface area (Å²) in [7, 11) is 0. The van der Waals surface area contributed by atoms with Crippen LogP contribution in [0.3, 0.4) is 0 Å². The van der Waals surface area contributed by atoms with Gasteiger partial charge >= 0.3 is 0 Å². The monoisotopic (exact) mass is 230 g/mol. The molecule has 0 spiro atoms. The molecule has 1 fully saturated rings. The van der Waals surface area contributed by atoms with Gasteiger partial charge in [0.05, 0.1) is 12.3 Å². The molecule has 1 aromatic heterocycles. The predicted octanol–water partition coefficient (Wildman–Crippen LogP) is 0.316. The van der Waals surface area contributed by atoms with E-state index in [0.717, 1.165) is 28.2 Å². The zero-order valence-electron chi connectivity index (χ0n) is 6.97. The van der Waals surface area contributed by atoms with Crippen molar-refractivity contribution in [2.45, 2.75) is 6.54 Å². The van der Waals surface area contributed by atoms with Gasteiger partial charge in [-0.3, -0.25) is 14.5 Å². The van der Waals surface area contributed by atoms with Gasteiger partial charge in [-0.25, -0.2) is 0 Å². The molecule has 2 amide bonds. The van der Waals surface area contributed by atoms with Crippen LogP contribution in [0.25, 0.3) is 0 Å². The fourth-order valence-corrected chi connectivity index (χ4v) is 2.17. The number of aromatic nitrogens is 2. The van der Waals surface area contributed by atoms with Gasteiger partial charge in [0.1, 0.15) is 10.7 Å². The number of carbonyl (C=O) groups excluding carboxylic acids is 2. The lowest BCUT2D eigenvalue weighted by molar-refractivity contribution is -0.125. The van der Waals surface area contributed by atoms with E-state index in [4.69, 9.17) is 5.73 Å². The topological polar surface area (TPSA) is 89.2 Å². The average molecular weight is 230 g/mol. The number of nitrogen functional groups attached to an aromatic ring is 1. The molecule has 0 aromatic carbocycles. The van der Waals surface area contributed by atoms with Crippen molar-refractivity contribution in [3.05, 3.63) is 5.69 Å². The summed E-state index contributed by atoms with van der Waals surface area (Å²) in [5, 5.41) is 3.94. The number of carbonyl (C=O) groups is 2. The SMILES string of the molecule is Nc1snnc1CN1C(=O)CSC1=O. The summed E-state index contributed by atoms with van der Waals surface area (Å²) in [5.41, 5.74) is 6.03.